The molecule has 2 aromatic rings. The van der Waals surface area contributed by atoms with E-state index in [-0.39, 0.29) is 12.5 Å². The number of benzene rings is 2. The molecule has 26 heavy (non-hydrogen) atoms. The van der Waals surface area contributed by atoms with Crippen LogP contribution in [0.4, 0.5) is 5.69 Å². The van der Waals surface area contributed by atoms with Gasteiger partial charge in [0.25, 0.3) is 5.91 Å². The van der Waals surface area contributed by atoms with E-state index < -0.39 is 0 Å². The molecule has 0 unspecified atom stereocenters. The molecule has 6 nitrogen and oxygen atoms in total. The van der Waals surface area contributed by atoms with Crippen LogP contribution in [0, 0.1) is 6.92 Å². The molecule has 0 aliphatic rings. The van der Waals surface area contributed by atoms with Crippen LogP contribution in [0.3, 0.4) is 0 Å². The zero-order chi connectivity index (χ0) is 18.8. The monoisotopic (exact) mass is 356 g/mol. The van der Waals surface area contributed by atoms with Crippen LogP contribution in [-0.4, -0.2) is 32.4 Å². The van der Waals surface area contributed by atoms with E-state index in [1.165, 1.54) is 6.21 Å². The first-order valence-corrected chi connectivity index (χ1v) is 8.45. The lowest BCUT2D eigenvalue weighted by Crippen LogP contribution is -2.17. The molecule has 138 valence electrons. The van der Waals surface area contributed by atoms with Crippen LogP contribution in [0.5, 0.6) is 11.5 Å². The van der Waals surface area contributed by atoms with Crippen molar-refractivity contribution in [2.24, 2.45) is 5.16 Å². The lowest BCUT2D eigenvalue weighted by molar-refractivity contribution is -0.120. The largest absolute Gasteiger partial charge is 0.493 e. The second-order valence-electron chi connectivity index (χ2n) is 5.63. The Morgan fingerprint density at radius 1 is 1.19 bits per heavy atom. The molecule has 2 aromatic carbocycles. The predicted molar refractivity (Wildman–Crippen MR) is 102 cm³/mol. The Morgan fingerprint density at radius 2 is 2.00 bits per heavy atom. The summed E-state index contributed by atoms with van der Waals surface area (Å²) in [6.45, 7) is 4.43. The minimum atomic E-state index is -0.266. The molecule has 0 saturated heterocycles. The summed E-state index contributed by atoms with van der Waals surface area (Å²) >= 11 is 0. The number of ether oxygens (including phenoxy) is 2. The molecule has 0 aliphatic carbocycles. The second-order valence-corrected chi connectivity index (χ2v) is 5.63. The van der Waals surface area contributed by atoms with Crippen molar-refractivity contribution in [2.45, 2.75) is 20.3 Å². The minimum absolute atomic E-state index is 0.167. The van der Waals surface area contributed by atoms with Crippen LogP contribution in [0.25, 0.3) is 0 Å². The van der Waals surface area contributed by atoms with Crippen molar-refractivity contribution in [2.75, 3.05) is 25.6 Å². The van der Waals surface area contributed by atoms with Crippen LogP contribution in [0.15, 0.2) is 47.6 Å². The van der Waals surface area contributed by atoms with Crippen LogP contribution >= 0.6 is 0 Å². The Bertz CT molecular complexity index is 759. The lowest BCUT2D eigenvalue weighted by atomic mass is 10.2. The fourth-order valence-electron chi connectivity index (χ4n) is 2.19. The third kappa shape index (κ3) is 5.81. The Morgan fingerprint density at radius 3 is 2.73 bits per heavy atom. The van der Waals surface area contributed by atoms with Gasteiger partial charge in [0.05, 0.1) is 19.9 Å². The number of anilines is 1. The van der Waals surface area contributed by atoms with E-state index in [0.29, 0.717) is 18.1 Å². The molecule has 0 bridgehead atoms. The van der Waals surface area contributed by atoms with Crippen LogP contribution < -0.4 is 14.8 Å². The third-order valence-corrected chi connectivity index (χ3v) is 3.54. The number of nitrogens with one attached hydrogen (secondary N) is 1. The van der Waals surface area contributed by atoms with Crippen LogP contribution in [-0.2, 0) is 9.63 Å². The van der Waals surface area contributed by atoms with Crippen LogP contribution in [0.2, 0.25) is 0 Å². The highest BCUT2D eigenvalue weighted by Gasteiger charge is 2.06. The smallest absolute Gasteiger partial charge is 0.265 e. The SMILES string of the molecule is CCCOc1ccc(/C=N/OCC(=O)Nc2ccccc2C)cc1OC. The number of aryl methyl sites for hydroxylation is 1. The van der Waals surface area contributed by atoms with Crippen molar-refractivity contribution in [3.63, 3.8) is 0 Å². The van der Waals surface area contributed by atoms with Crippen LogP contribution in [0.1, 0.15) is 24.5 Å². The maximum absolute atomic E-state index is 11.9. The van der Waals surface area contributed by atoms with Crippen molar-refractivity contribution in [3.8, 4) is 11.5 Å². The first kappa shape index (κ1) is 19.3. The molecule has 0 radical (unpaired) electrons. The Balaban J connectivity index is 1.86. The maximum Gasteiger partial charge on any atom is 0.265 e. The van der Waals surface area contributed by atoms with Gasteiger partial charge in [-0.15, -0.1) is 0 Å². The summed E-state index contributed by atoms with van der Waals surface area (Å²) in [4.78, 5) is 16.9. The zero-order valence-corrected chi connectivity index (χ0v) is 15.3. The van der Waals surface area contributed by atoms with Gasteiger partial charge in [-0.1, -0.05) is 30.3 Å². The molecule has 0 atom stereocenters. The van der Waals surface area contributed by atoms with Gasteiger partial charge in [0, 0.05) is 11.3 Å². The summed E-state index contributed by atoms with van der Waals surface area (Å²) in [5.74, 6) is 1.04. The Hall–Kier alpha value is -3.02. The van der Waals surface area contributed by atoms with Gasteiger partial charge in [-0.2, -0.15) is 0 Å². The van der Waals surface area contributed by atoms with E-state index in [2.05, 4.69) is 10.5 Å². The molecule has 1 N–H and O–H groups in total. The topological polar surface area (TPSA) is 69.2 Å². The summed E-state index contributed by atoms with van der Waals surface area (Å²) in [5, 5.41) is 6.61. The summed E-state index contributed by atoms with van der Waals surface area (Å²) in [6, 6.07) is 13.0. The normalized spacial score (nSPS) is 10.6. The fourth-order valence-corrected chi connectivity index (χ4v) is 2.19. The third-order valence-electron chi connectivity index (χ3n) is 3.54. The molecule has 0 saturated carbocycles. The number of carbonyl (C=O) groups is 1. The maximum atomic E-state index is 11.9. The van der Waals surface area contributed by atoms with E-state index in [4.69, 9.17) is 14.3 Å². The second kappa shape index (κ2) is 10.1. The van der Waals surface area contributed by atoms with Gasteiger partial charge < -0.3 is 19.6 Å². The molecular weight excluding hydrogens is 332 g/mol. The number of nitrogens with zero attached hydrogens (tertiary/aromatic N) is 1. The van der Waals surface area contributed by atoms with E-state index in [1.54, 1.807) is 13.2 Å². The average Bonchev–Trinajstić information content (AvgIpc) is 2.65. The molecule has 1 amide bonds. The van der Waals surface area contributed by atoms with E-state index in [1.807, 2.05) is 50.2 Å². The summed E-state index contributed by atoms with van der Waals surface area (Å²) in [5.41, 5.74) is 2.53. The van der Waals surface area contributed by atoms with E-state index >= 15 is 0 Å². The Kier molecular flexibility index (Phi) is 7.49. The van der Waals surface area contributed by atoms with Gasteiger partial charge in [-0.25, -0.2) is 0 Å². The lowest BCUT2D eigenvalue weighted by Gasteiger charge is -2.10. The van der Waals surface area contributed by atoms with Gasteiger partial charge in [0.2, 0.25) is 0 Å². The number of hydrogen-bond acceptors (Lipinski definition) is 5. The quantitative estimate of drug-likeness (QED) is 0.548. The highest BCUT2D eigenvalue weighted by molar-refractivity contribution is 5.92. The number of amides is 1. The molecule has 2 rings (SSSR count). The summed E-state index contributed by atoms with van der Waals surface area (Å²) in [7, 11) is 1.58. The molecule has 6 heteroatoms. The van der Waals surface area contributed by atoms with E-state index in [9.17, 15) is 4.79 Å². The predicted octanol–water partition coefficient (Wildman–Crippen LogP) is 3.78. The molecule has 0 aromatic heterocycles. The van der Waals surface area contributed by atoms with Gasteiger partial charge >= 0.3 is 0 Å². The summed E-state index contributed by atoms with van der Waals surface area (Å²) < 4.78 is 10.9. The minimum Gasteiger partial charge on any atom is -0.493 e. The number of hydrogen-bond donors (Lipinski definition) is 1. The number of para-hydroxylation sites is 1. The first-order chi connectivity index (χ1) is 12.6. The molecule has 0 aliphatic heterocycles. The van der Waals surface area contributed by atoms with Gasteiger partial charge in [0.15, 0.2) is 18.1 Å². The zero-order valence-electron chi connectivity index (χ0n) is 15.3. The fraction of sp³-hybridized carbons (Fsp3) is 0.300. The van der Waals surface area contributed by atoms with Gasteiger partial charge in [-0.3, -0.25) is 4.79 Å². The molecular formula is C20H24N2O4. The number of carbonyl (C=O) groups excluding carboxylic acids is 1. The van der Waals surface area contributed by atoms with Crippen molar-refractivity contribution in [3.05, 3.63) is 53.6 Å². The Labute approximate surface area is 153 Å². The number of rotatable bonds is 9. The van der Waals surface area contributed by atoms with Crippen molar-refractivity contribution in [1.29, 1.82) is 0 Å². The van der Waals surface area contributed by atoms with Gasteiger partial charge in [0.1, 0.15) is 0 Å². The van der Waals surface area contributed by atoms with E-state index in [0.717, 1.165) is 23.2 Å². The first-order valence-electron chi connectivity index (χ1n) is 8.45. The molecule has 0 fully saturated rings. The standard InChI is InChI=1S/C20H24N2O4/c1-4-11-25-18-10-9-16(12-19(18)24-3)13-21-26-14-20(23)22-17-8-6-5-7-15(17)2/h5-10,12-13H,4,11,14H2,1-3H3,(H,22,23)/b21-13+. The van der Waals surface area contributed by atoms with Crippen molar-refractivity contribution < 1.29 is 19.1 Å². The highest BCUT2D eigenvalue weighted by Crippen LogP contribution is 2.27. The number of oxime groups is 1. The van der Waals surface area contributed by atoms with Crippen molar-refractivity contribution >= 4 is 17.8 Å². The van der Waals surface area contributed by atoms with Gasteiger partial charge in [-0.05, 0) is 43.2 Å². The average molecular weight is 356 g/mol. The molecule has 0 heterocycles. The van der Waals surface area contributed by atoms with Crippen molar-refractivity contribution in [1.82, 2.24) is 0 Å². The number of methoxy groups -OCH3 is 1. The highest BCUT2D eigenvalue weighted by atomic mass is 16.6. The summed E-state index contributed by atoms with van der Waals surface area (Å²) in [6.07, 6.45) is 2.44. The molecule has 0 spiro atoms.